The number of carbonyl (C=O) groups excluding carboxylic acids is 1. The molecule has 0 saturated heterocycles. The second-order valence-corrected chi connectivity index (χ2v) is 4.18. The van der Waals surface area contributed by atoms with E-state index < -0.39 is 0 Å². The van der Waals surface area contributed by atoms with Gasteiger partial charge < -0.3 is 16.2 Å². The molecule has 2 aromatic carbocycles. The van der Waals surface area contributed by atoms with Crippen molar-refractivity contribution in [2.45, 2.75) is 6.42 Å². The zero-order chi connectivity index (χ0) is 13.7. The van der Waals surface area contributed by atoms with Gasteiger partial charge in [-0.3, -0.25) is 4.79 Å². The number of anilines is 1. The highest BCUT2D eigenvalue weighted by Gasteiger charge is 2.04. The summed E-state index contributed by atoms with van der Waals surface area (Å²) < 4.78 is 0. The summed E-state index contributed by atoms with van der Waals surface area (Å²) in [5.74, 6) is 0.139. The van der Waals surface area contributed by atoms with Crippen LogP contribution in [0.15, 0.2) is 48.5 Å². The second kappa shape index (κ2) is 6.02. The Morgan fingerprint density at radius 2 is 1.79 bits per heavy atom. The van der Waals surface area contributed by atoms with Crippen LogP contribution in [0.25, 0.3) is 11.1 Å². The van der Waals surface area contributed by atoms with Gasteiger partial charge in [0.15, 0.2) is 0 Å². The molecule has 98 valence electrons. The number of phenolic OH excluding ortho intramolecular Hbond substituents is 1. The largest absolute Gasteiger partial charge is 0.507 e. The Morgan fingerprint density at radius 3 is 2.42 bits per heavy atom. The summed E-state index contributed by atoms with van der Waals surface area (Å²) in [6, 6.07) is 14.4. The fourth-order valence-electron chi connectivity index (χ4n) is 1.81. The molecular formula is C15H16N2O2. The van der Waals surface area contributed by atoms with Crippen molar-refractivity contribution >= 4 is 11.6 Å². The highest BCUT2D eigenvalue weighted by atomic mass is 16.3. The van der Waals surface area contributed by atoms with Gasteiger partial charge in [-0.1, -0.05) is 30.3 Å². The molecule has 4 N–H and O–H groups in total. The summed E-state index contributed by atoms with van der Waals surface area (Å²) in [6.07, 6.45) is 0.307. The van der Waals surface area contributed by atoms with E-state index in [2.05, 4.69) is 5.32 Å². The number of nitrogens with two attached hydrogens (primary N) is 1. The molecule has 0 aliphatic rings. The number of phenols is 1. The van der Waals surface area contributed by atoms with E-state index in [9.17, 15) is 9.90 Å². The molecular weight excluding hydrogens is 240 g/mol. The molecule has 2 rings (SSSR count). The maximum absolute atomic E-state index is 11.4. The van der Waals surface area contributed by atoms with Crippen LogP contribution in [0.3, 0.4) is 0 Å². The van der Waals surface area contributed by atoms with Gasteiger partial charge in [0, 0.05) is 24.2 Å². The molecule has 0 aliphatic heterocycles. The number of para-hydroxylation sites is 1. The monoisotopic (exact) mass is 256 g/mol. The van der Waals surface area contributed by atoms with Gasteiger partial charge in [-0.15, -0.1) is 0 Å². The molecule has 0 atom stereocenters. The Labute approximate surface area is 111 Å². The van der Waals surface area contributed by atoms with Crippen LogP contribution in [0.4, 0.5) is 5.69 Å². The summed E-state index contributed by atoms with van der Waals surface area (Å²) >= 11 is 0. The minimum absolute atomic E-state index is 0.0993. The fourth-order valence-corrected chi connectivity index (χ4v) is 1.81. The van der Waals surface area contributed by atoms with E-state index in [1.165, 1.54) is 0 Å². The molecule has 0 aromatic heterocycles. The number of nitrogens with one attached hydrogen (secondary N) is 1. The van der Waals surface area contributed by atoms with Crippen LogP contribution in [-0.4, -0.2) is 17.6 Å². The zero-order valence-electron chi connectivity index (χ0n) is 10.5. The molecule has 0 aliphatic carbocycles. The van der Waals surface area contributed by atoms with Crippen molar-refractivity contribution in [3.05, 3.63) is 48.5 Å². The highest BCUT2D eigenvalue weighted by Crippen LogP contribution is 2.29. The average molecular weight is 256 g/mol. The van der Waals surface area contributed by atoms with Gasteiger partial charge in [0.25, 0.3) is 0 Å². The number of aromatic hydroxyl groups is 1. The summed E-state index contributed by atoms with van der Waals surface area (Å²) in [7, 11) is 0. The van der Waals surface area contributed by atoms with Gasteiger partial charge in [0.05, 0.1) is 0 Å². The highest BCUT2D eigenvalue weighted by molar-refractivity contribution is 5.91. The molecule has 4 heteroatoms. The minimum atomic E-state index is -0.0993. The van der Waals surface area contributed by atoms with Crippen molar-refractivity contribution in [3.8, 4) is 16.9 Å². The van der Waals surface area contributed by atoms with Crippen molar-refractivity contribution in [2.75, 3.05) is 11.9 Å². The number of amides is 1. The maximum Gasteiger partial charge on any atom is 0.225 e. The summed E-state index contributed by atoms with van der Waals surface area (Å²) in [6.45, 7) is 0.335. The van der Waals surface area contributed by atoms with Gasteiger partial charge in [0.1, 0.15) is 5.75 Å². The van der Waals surface area contributed by atoms with Crippen molar-refractivity contribution in [1.82, 2.24) is 0 Å². The van der Waals surface area contributed by atoms with Crippen molar-refractivity contribution < 1.29 is 9.90 Å². The molecule has 2 aromatic rings. The van der Waals surface area contributed by atoms with Crippen LogP contribution in [0.2, 0.25) is 0 Å². The van der Waals surface area contributed by atoms with Gasteiger partial charge in [-0.25, -0.2) is 0 Å². The summed E-state index contributed by atoms with van der Waals surface area (Å²) in [5.41, 5.74) is 7.70. The molecule has 0 unspecified atom stereocenters. The van der Waals surface area contributed by atoms with Gasteiger partial charge in [-0.2, -0.15) is 0 Å². The SMILES string of the molecule is NCCC(=O)Nc1ccc(-c2ccccc2O)cc1. The predicted molar refractivity (Wildman–Crippen MR) is 75.8 cm³/mol. The third-order valence-electron chi connectivity index (χ3n) is 2.76. The topological polar surface area (TPSA) is 75.4 Å². The number of rotatable bonds is 4. The van der Waals surface area contributed by atoms with E-state index >= 15 is 0 Å². The lowest BCUT2D eigenvalue weighted by atomic mass is 10.0. The first kappa shape index (κ1) is 13.1. The Kier molecular flexibility index (Phi) is 4.15. The second-order valence-electron chi connectivity index (χ2n) is 4.18. The fraction of sp³-hybridized carbons (Fsp3) is 0.133. The molecule has 0 bridgehead atoms. The number of carbonyl (C=O) groups is 1. The zero-order valence-corrected chi connectivity index (χ0v) is 10.5. The first-order chi connectivity index (χ1) is 9.20. The smallest absolute Gasteiger partial charge is 0.225 e. The third-order valence-corrected chi connectivity index (χ3v) is 2.76. The Bertz CT molecular complexity index is 565. The maximum atomic E-state index is 11.4. The Morgan fingerprint density at radius 1 is 1.11 bits per heavy atom. The predicted octanol–water partition coefficient (Wildman–Crippen LogP) is 2.35. The van der Waals surface area contributed by atoms with E-state index in [1.54, 1.807) is 24.3 Å². The number of benzene rings is 2. The van der Waals surface area contributed by atoms with Crippen LogP contribution in [0.5, 0.6) is 5.75 Å². The van der Waals surface area contributed by atoms with E-state index in [4.69, 9.17) is 5.73 Å². The molecule has 4 nitrogen and oxygen atoms in total. The Hall–Kier alpha value is -2.33. The molecule has 0 spiro atoms. The van der Waals surface area contributed by atoms with Gasteiger partial charge >= 0.3 is 0 Å². The molecule has 0 saturated carbocycles. The normalized spacial score (nSPS) is 10.2. The standard InChI is InChI=1S/C15H16N2O2/c16-10-9-15(19)17-12-7-5-11(6-8-12)13-3-1-2-4-14(13)18/h1-8,18H,9-10,16H2,(H,17,19). The van der Waals surface area contributed by atoms with E-state index in [1.807, 2.05) is 24.3 Å². The number of hydrogen-bond donors (Lipinski definition) is 3. The van der Waals surface area contributed by atoms with Crippen molar-refractivity contribution in [2.24, 2.45) is 5.73 Å². The first-order valence-electron chi connectivity index (χ1n) is 6.09. The van der Waals surface area contributed by atoms with Crippen molar-refractivity contribution in [3.63, 3.8) is 0 Å². The average Bonchev–Trinajstić information content (AvgIpc) is 2.41. The molecule has 1 amide bonds. The van der Waals surface area contributed by atoms with Crippen LogP contribution >= 0.6 is 0 Å². The number of hydrogen-bond acceptors (Lipinski definition) is 3. The van der Waals surface area contributed by atoms with E-state index in [0.717, 1.165) is 16.8 Å². The first-order valence-corrected chi connectivity index (χ1v) is 6.09. The van der Waals surface area contributed by atoms with Crippen LogP contribution in [0.1, 0.15) is 6.42 Å². The molecule has 0 fully saturated rings. The minimum Gasteiger partial charge on any atom is -0.507 e. The molecule has 19 heavy (non-hydrogen) atoms. The van der Waals surface area contributed by atoms with Crippen LogP contribution < -0.4 is 11.1 Å². The lowest BCUT2D eigenvalue weighted by Crippen LogP contribution is -2.15. The lowest BCUT2D eigenvalue weighted by molar-refractivity contribution is -0.116. The van der Waals surface area contributed by atoms with Gasteiger partial charge in [-0.05, 0) is 23.8 Å². The summed E-state index contributed by atoms with van der Waals surface area (Å²) in [5, 5.41) is 12.5. The summed E-state index contributed by atoms with van der Waals surface area (Å²) in [4.78, 5) is 11.4. The quantitative estimate of drug-likeness (QED) is 0.786. The molecule has 0 heterocycles. The lowest BCUT2D eigenvalue weighted by Gasteiger charge is -2.07. The van der Waals surface area contributed by atoms with Crippen LogP contribution in [-0.2, 0) is 4.79 Å². The van der Waals surface area contributed by atoms with Crippen LogP contribution in [0, 0.1) is 0 Å². The van der Waals surface area contributed by atoms with E-state index in [-0.39, 0.29) is 11.7 Å². The van der Waals surface area contributed by atoms with E-state index in [0.29, 0.717) is 13.0 Å². The van der Waals surface area contributed by atoms with Crippen molar-refractivity contribution in [1.29, 1.82) is 0 Å². The third kappa shape index (κ3) is 3.33. The van der Waals surface area contributed by atoms with Gasteiger partial charge in [0.2, 0.25) is 5.91 Å². The molecule has 0 radical (unpaired) electrons. The Balaban J connectivity index is 2.15.